The molecule has 1 N–H and O–H groups in total. The van der Waals surface area contributed by atoms with Crippen molar-refractivity contribution in [3.05, 3.63) is 71.0 Å². The smallest absolute Gasteiger partial charge is 0.430 e. The number of piperidine rings is 1. The van der Waals surface area contributed by atoms with Gasteiger partial charge in [-0.1, -0.05) is 36.2 Å². The summed E-state index contributed by atoms with van der Waals surface area (Å²) < 4.78 is 50.3. The van der Waals surface area contributed by atoms with Gasteiger partial charge < -0.3 is 19.6 Å². The lowest BCUT2D eigenvalue weighted by molar-refractivity contribution is -0.262. The topological polar surface area (TPSA) is 87.9 Å². The highest BCUT2D eigenvalue weighted by Gasteiger charge is 2.62. The molecule has 1 fully saturated rings. The number of likely N-dealkylation sites (tertiary alicyclic amines) is 1. The van der Waals surface area contributed by atoms with Gasteiger partial charge in [0.25, 0.3) is 17.4 Å². The third-order valence-electron chi connectivity index (χ3n) is 7.79. The molecule has 2 amide bonds. The van der Waals surface area contributed by atoms with Crippen LogP contribution in [0.4, 0.5) is 13.2 Å². The Bertz CT molecular complexity index is 1440. The van der Waals surface area contributed by atoms with Gasteiger partial charge in [-0.05, 0) is 61.4 Å². The molecule has 1 aliphatic heterocycles. The number of unbranched alkanes of at least 4 members (excludes halogenated alkanes) is 1. The number of benzene rings is 2. The molecule has 1 aliphatic rings. The van der Waals surface area contributed by atoms with E-state index in [-0.39, 0.29) is 24.9 Å². The van der Waals surface area contributed by atoms with E-state index in [0.717, 1.165) is 30.2 Å². The van der Waals surface area contributed by atoms with Crippen molar-refractivity contribution in [3.63, 3.8) is 0 Å². The maximum atomic E-state index is 14.3. The number of nitrogens with zero attached hydrogens (tertiary/aromatic N) is 4. The average Bonchev–Trinajstić information content (AvgIpc) is 3.42. The molecule has 0 spiro atoms. The minimum atomic E-state index is -5.21. The first kappa shape index (κ1) is 32.3. The Kier molecular flexibility index (Phi) is 10.1. The molecule has 43 heavy (non-hydrogen) atoms. The third-order valence-corrected chi connectivity index (χ3v) is 8.11. The number of carbonyl (C=O) groups excluding carboxylic acids is 2. The standard InChI is InChI=1S/C31H36ClF3N4O4/c1-37(2)28(40)26-11-10-25(18-27(26)32)43-16-5-4-7-21-12-14-39(15-13-21)29(41)30(42,31(33,34)35)24-9-6-8-22(17-24)23-19-36-38(3)20-23/h6,8-11,17-21,42H,4-5,7,12-16H2,1-3H3/t30-/m0/s1. The minimum absolute atomic E-state index is 0.136. The van der Waals surface area contributed by atoms with Gasteiger partial charge in [-0.3, -0.25) is 14.3 Å². The third kappa shape index (κ3) is 7.33. The van der Waals surface area contributed by atoms with Crippen molar-refractivity contribution in [1.82, 2.24) is 19.6 Å². The van der Waals surface area contributed by atoms with Crippen LogP contribution in [0.1, 0.15) is 48.0 Å². The van der Waals surface area contributed by atoms with Gasteiger partial charge in [0.1, 0.15) is 5.75 Å². The quantitative estimate of drug-likeness (QED) is 0.295. The van der Waals surface area contributed by atoms with Gasteiger partial charge in [-0.15, -0.1) is 0 Å². The van der Waals surface area contributed by atoms with Crippen LogP contribution < -0.4 is 4.74 Å². The number of aromatic nitrogens is 2. The Morgan fingerprint density at radius 2 is 1.81 bits per heavy atom. The predicted molar refractivity (Wildman–Crippen MR) is 157 cm³/mol. The van der Waals surface area contributed by atoms with Crippen LogP contribution in [-0.2, 0) is 17.4 Å². The Balaban J connectivity index is 1.29. The molecule has 2 heterocycles. The number of carbonyl (C=O) groups is 2. The number of hydrogen-bond donors (Lipinski definition) is 1. The second-order valence-corrected chi connectivity index (χ2v) is 11.5. The fraction of sp³-hybridized carbons (Fsp3) is 0.452. The molecule has 8 nitrogen and oxygen atoms in total. The minimum Gasteiger partial charge on any atom is -0.494 e. The number of aryl methyl sites for hydroxylation is 1. The van der Waals surface area contributed by atoms with E-state index in [1.165, 1.54) is 27.9 Å². The highest BCUT2D eigenvalue weighted by molar-refractivity contribution is 6.34. The second kappa shape index (κ2) is 13.4. The van der Waals surface area contributed by atoms with Crippen LogP contribution in [-0.4, -0.2) is 76.5 Å². The van der Waals surface area contributed by atoms with Gasteiger partial charge in [-0.2, -0.15) is 18.3 Å². The highest BCUT2D eigenvalue weighted by Crippen LogP contribution is 2.42. The summed E-state index contributed by atoms with van der Waals surface area (Å²) >= 11 is 6.23. The lowest BCUT2D eigenvalue weighted by Gasteiger charge is -2.38. The second-order valence-electron chi connectivity index (χ2n) is 11.1. The molecule has 4 rings (SSSR count). The first-order valence-electron chi connectivity index (χ1n) is 14.1. The predicted octanol–water partition coefficient (Wildman–Crippen LogP) is 5.68. The Morgan fingerprint density at radius 1 is 1.09 bits per heavy atom. The van der Waals surface area contributed by atoms with Crippen LogP contribution in [0.2, 0.25) is 5.02 Å². The van der Waals surface area contributed by atoms with E-state index in [1.54, 1.807) is 51.6 Å². The molecule has 0 saturated carbocycles. The molecule has 0 radical (unpaired) electrons. The van der Waals surface area contributed by atoms with E-state index < -0.39 is 23.2 Å². The van der Waals surface area contributed by atoms with Crippen LogP contribution in [0.25, 0.3) is 11.1 Å². The van der Waals surface area contributed by atoms with Crippen molar-refractivity contribution >= 4 is 23.4 Å². The van der Waals surface area contributed by atoms with Crippen molar-refractivity contribution in [3.8, 4) is 16.9 Å². The molecular weight excluding hydrogens is 585 g/mol. The Hall–Kier alpha value is -3.57. The molecule has 1 aromatic heterocycles. The van der Waals surface area contributed by atoms with Crippen LogP contribution in [0.15, 0.2) is 54.9 Å². The monoisotopic (exact) mass is 620 g/mol. The molecule has 12 heteroatoms. The van der Waals surface area contributed by atoms with E-state index >= 15 is 0 Å². The number of alkyl halides is 3. The molecule has 1 atom stereocenters. The number of ether oxygens (including phenoxy) is 1. The molecule has 0 unspecified atom stereocenters. The number of amides is 2. The van der Waals surface area contributed by atoms with Gasteiger partial charge in [0.05, 0.1) is 23.4 Å². The van der Waals surface area contributed by atoms with E-state index in [2.05, 4.69) is 5.10 Å². The van der Waals surface area contributed by atoms with Crippen molar-refractivity contribution in [2.24, 2.45) is 13.0 Å². The van der Waals surface area contributed by atoms with Crippen LogP contribution >= 0.6 is 11.6 Å². The average molecular weight is 621 g/mol. The molecule has 0 bridgehead atoms. The zero-order chi connectivity index (χ0) is 31.4. The fourth-order valence-corrected chi connectivity index (χ4v) is 5.53. The van der Waals surface area contributed by atoms with E-state index in [1.807, 2.05) is 0 Å². The molecule has 3 aromatic rings. The maximum absolute atomic E-state index is 14.3. The molecule has 1 saturated heterocycles. The van der Waals surface area contributed by atoms with E-state index in [9.17, 15) is 27.9 Å². The summed E-state index contributed by atoms with van der Waals surface area (Å²) in [7, 11) is 4.99. The summed E-state index contributed by atoms with van der Waals surface area (Å²) in [5.41, 5.74) is -2.78. The van der Waals surface area contributed by atoms with Crippen molar-refractivity contribution in [1.29, 1.82) is 0 Å². The first-order chi connectivity index (χ1) is 20.3. The largest absolute Gasteiger partial charge is 0.494 e. The summed E-state index contributed by atoms with van der Waals surface area (Å²) in [6.45, 7) is 0.722. The number of aliphatic hydroxyl groups is 1. The number of hydrogen-bond acceptors (Lipinski definition) is 5. The van der Waals surface area contributed by atoms with Gasteiger partial charge in [0.2, 0.25) is 0 Å². The van der Waals surface area contributed by atoms with Crippen molar-refractivity contribution in [2.45, 2.75) is 43.9 Å². The summed E-state index contributed by atoms with van der Waals surface area (Å²) in [6.07, 6.45) is 1.49. The van der Waals surface area contributed by atoms with Gasteiger partial charge >= 0.3 is 6.18 Å². The van der Waals surface area contributed by atoms with E-state index in [0.29, 0.717) is 46.9 Å². The highest BCUT2D eigenvalue weighted by atomic mass is 35.5. The maximum Gasteiger partial charge on any atom is 0.430 e. The molecule has 2 aromatic carbocycles. The van der Waals surface area contributed by atoms with Gasteiger partial charge in [0, 0.05) is 51.6 Å². The SMILES string of the molecule is CN(C)C(=O)c1ccc(OCCCCC2CCN(C(=O)[C@@](O)(c3cccc(-c4cnn(C)c4)c3)C(F)(F)F)CC2)cc1Cl. The zero-order valence-electron chi connectivity index (χ0n) is 24.4. The molecule has 0 aliphatic carbocycles. The van der Waals surface area contributed by atoms with Gasteiger partial charge in [0.15, 0.2) is 0 Å². The van der Waals surface area contributed by atoms with Crippen LogP contribution in [0, 0.1) is 5.92 Å². The van der Waals surface area contributed by atoms with Gasteiger partial charge in [-0.25, -0.2) is 0 Å². The normalized spacial score (nSPS) is 15.7. The first-order valence-corrected chi connectivity index (χ1v) is 14.5. The lowest BCUT2D eigenvalue weighted by Crippen LogP contribution is -2.57. The van der Waals surface area contributed by atoms with E-state index in [4.69, 9.17) is 16.3 Å². The van der Waals surface area contributed by atoms with Crippen LogP contribution in [0.3, 0.4) is 0 Å². The summed E-state index contributed by atoms with van der Waals surface area (Å²) in [4.78, 5) is 28.0. The molecule has 232 valence electrons. The molecular formula is C31H36ClF3N4O4. The number of halogens is 4. The summed E-state index contributed by atoms with van der Waals surface area (Å²) in [6, 6.07) is 10.3. The fourth-order valence-electron chi connectivity index (χ4n) is 5.28. The lowest BCUT2D eigenvalue weighted by atomic mass is 9.87. The van der Waals surface area contributed by atoms with Crippen LogP contribution in [0.5, 0.6) is 5.75 Å². The Morgan fingerprint density at radius 3 is 2.42 bits per heavy atom. The zero-order valence-corrected chi connectivity index (χ0v) is 25.2. The van der Waals surface area contributed by atoms with Crippen molar-refractivity contribution < 1.29 is 32.6 Å². The van der Waals surface area contributed by atoms with Crippen molar-refractivity contribution in [2.75, 3.05) is 33.8 Å². The number of rotatable bonds is 10. The summed E-state index contributed by atoms with van der Waals surface area (Å²) in [5.74, 6) is -0.729. The summed E-state index contributed by atoms with van der Waals surface area (Å²) in [5, 5.41) is 15.3. The Labute approximate surface area is 254 Å².